The van der Waals surface area contributed by atoms with Crippen molar-refractivity contribution in [3.05, 3.63) is 58.1 Å². The number of rotatable bonds is 4. The van der Waals surface area contributed by atoms with E-state index in [0.29, 0.717) is 31.6 Å². The van der Waals surface area contributed by atoms with E-state index in [-0.39, 0.29) is 35.3 Å². The molecule has 4 rings (SSSR count). The molecule has 3 N–H and O–H groups in total. The third kappa shape index (κ3) is 3.05. The molecule has 0 spiro atoms. The molecule has 29 heavy (non-hydrogen) atoms. The fraction of sp³-hybridized carbons (Fsp3) is 0.400. The van der Waals surface area contributed by atoms with Gasteiger partial charge in [0.1, 0.15) is 23.4 Å². The molecule has 0 bridgehead atoms. The zero-order valence-corrected chi connectivity index (χ0v) is 15.8. The van der Waals surface area contributed by atoms with Gasteiger partial charge >= 0.3 is 0 Å². The highest BCUT2D eigenvalue weighted by Crippen LogP contribution is 2.43. The molecule has 2 amide bonds. The zero-order chi connectivity index (χ0) is 20.9. The fourth-order valence-electron chi connectivity index (χ4n) is 4.24. The van der Waals surface area contributed by atoms with Gasteiger partial charge in [-0.15, -0.1) is 0 Å². The Balaban J connectivity index is 1.62. The summed E-state index contributed by atoms with van der Waals surface area (Å²) in [6, 6.07) is 2.96. The summed E-state index contributed by atoms with van der Waals surface area (Å²) in [5.74, 6) is -3.12. The van der Waals surface area contributed by atoms with Crippen LogP contribution >= 0.6 is 0 Å². The molecule has 0 aliphatic carbocycles. The van der Waals surface area contributed by atoms with Crippen LogP contribution in [0, 0.1) is 11.6 Å². The van der Waals surface area contributed by atoms with Crippen LogP contribution in [0.25, 0.3) is 0 Å². The number of hydrogen-bond acceptors (Lipinski definition) is 5. The molecule has 1 aromatic carbocycles. The summed E-state index contributed by atoms with van der Waals surface area (Å²) in [6.45, 7) is 2.58. The van der Waals surface area contributed by atoms with Gasteiger partial charge in [-0.05, 0) is 25.8 Å². The zero-order valence-electron chi connectivity index (χ0n) is 15.8. The van der Waals surface area contributed by atoms with Gasteiger partial charge in [0.2, 0.25) is 0 Å². The summed E-state index contributed by atoms with van der Waals surface area (Å²) >= 11 is 0. The first kappa shape index (κ1) is 19.4. The number of aliphatic hydroxyl groups is 2. The van der Waals surface area contributed by atoms with E-state index in [2.05, 4.69) is 5.32 Å². The molecule has 2 atom stereocenters. The Morgan fingerprint density at radius 1 is 1.34 bits per heavy atom. The van der Waals surface area contributed by atoms with E-state index in [0.717, 1.165) is 12.1 Å². The lowest BCUT2D eigenvalue weighted by Gasteiger charge is -2.43. The van der Waals surface area contributed by atoms with Crippen molar-refractivity contribution in [3.63, 3.8) is 0 Å². The second-order valence-electron chi connectivity index (χ2n) is 7.32. The molecule has 3 aliphatic heterocycles. The van der Waals surface area contributed by atoms with Crippen molar-refractivity contribution < 1.29 is 28.6 Å². The summed E-state index contributed by atoms with van der Waals surface area (Å²) in [7, 11) is 0. The Morgan fingerprint density at radius 3 is 2.79 bits per heavy atom. The topological polar surface area (TPSA) is 93.1 Å². The van der Waals surface area contributed by atoms with Gasteiger partial charge in [0.15, 0.2) is 5.76 Å². The number of hydrogen-bond donors (Lipinski definition) is 3. The third-order valence-electron chi connectivity index (χ3n) is 5.70. The Hall–Kier alpha value is -2.94. The molecule has 0 saturated carbocycles. The first-order valence-electron chi connectivity index (χ1n) is 9.48. The quantitative estimate of drug-likeness (QED) is 0.702. The molecule has 0 radical (unpaired) electrons. The van der Waals surface area contributed by atoms with Gasteiger partial charge in [-0.2, -0.15) is 0 Å². The molecule has 9 heteroatoms. The largest absolute Gasteiger partial charge is 0.507 e. The summed E-state index contributed by atoms with van der Waals surface area (Å²) in [5.41, 5.74) is 0.557. The molecule has 0 aromatic heterocycles. The van der Waals surface area contributed by atoms with Crippen LogP contribution in [-0.2, 0) is 16.1 Å². The fourth-order valence-corrected chi connectivity index (χ4v) is 4.24. The maximum Gasteiger partial charge on any atom is 0.274 e. The van der Waals surface area contributed by atoms with Crippen LogP contribution < -0.4 is 5.32 Å². The van der Waals surface area contributed by atoms with Gasteiger partial charge in [-0.3, -0.25) is 9.59 Å². The number of aliphatic hydroxyl groups excluding tert-OH is 2. The number of likely N-dealkylation sites (N-methyl/N-ethyl adjacent to an activating group) is 1. The van der Waals surface area contributed by atoms with Gasteiger partial charge < -0.3 is 25.3 Å². The van der Waals surface area contributed by atoms with Gasteiger partial charge in [0.25, 0.3) is 11.8 Å². The predicted molar refractivity (Wildman–Crippen MR) is 98.0 cm³/mol. The number of benzene rings is 1. The van der Waals surface area contributed by atoms with Crippen LogP contribution in [0.2, 0.25) is 0 Å². The Bertz CT molecular complexity index is 959. The minimum Gasteiger partial charge on any atom is -0.507 e. The van der Waals surface area contributed by atoms with Crippen LogP contribution in [0.4, 0.5) is 8.78 Å². The molecule has 2 unspecified atom stereocenters. The normalized spacial score (nSPS) is 23.7. The van der Waals surface area contributed by atoms with Crippen molar-refractivity contribution in [2.24, 2.45) is 0 Å². The highest BCUT2D eigenvalue weighted by atomic mass is 19.1. The van der Waals surface area contributed by atoms with Crippen molar-refractivity contribution in [2.75, 3.05) is 13.1 Å². The van der Waals surface area contributed by atoms with Crippen LogP contribution in [0.15, 0.2) is 40.9 Å². The number of carbonyl (C=O) groups is 2. The molecule has 3 heterocycles. The maximum atomic E-state index is 13.8. The molecule has 2 saturated heterocycles. The highest BCUT2D eigenvalue weighted by Gasteiger charge is 2.49. The van der Waals surface area contributed by atoms with Gasteiger partial charge in [-0.1, -0.05) is 6.07 Å². The lowest BCUT2D eigenvalue weighted by atomic mass is 9.96. The lowest BCUT2D eigenvalue weighted by Crippen LogP contribution is -2.54. The molecule has 3 aliphatic rings. The van der Waals surface area contributed by atoms with Crippen molar-refractivity contribution in [1.29, 1.82) is 0 Å². The number of nitrogens with zero attached hydrogens (tertiary/aromatic N) is 2. The van der Waals surface area contributed by atoms with Crippen molar-refractivity contribution in [2.45, 2.75) is 38.5 Å². The average Bonchev–Trinajstić information content (AvgIpc) is 3.09. The second kappa shape index (κ2) is 7.14. The van der Waals surface area contributed by atoms with Crippen molar-refractivity contribution in [1.82, 2.24) is 15.1 Å². The Labute approximate surface area is 165 Å². The van der Waals surface area contributed by atoms with E-state index < -0.39 is 29.4 Å². The van der Waals surface area contributed by atoms with Gasteiger partial charge in [0.05, 0.1) is 11.6 Å². The minimum atomic E-state index is -1.64. The SMILES string of the molecule is CCN1CC2CCC3=C(C(=O)NCc4ccc(F)cc4F)C(O)C(O)=C(C1=O)N32. The monoisotopic (exact) mass is 405 g/mol. The highest BCUT2D eigenvalue weighted by molar-refractivity contribution is 6.00. The van der Waals surface area contributed by atoms with E-state index in [4.69, 9.17) is 0 Å². The van der Waals surface area contributed by atoms with Gasteiger partial charge in [-0.25, -0.2) is 8.78 Å². The van der Waals surface area contributed by atoms with E-state index >= 15 is 0 Å². The van der Waals surface area contributed by atoms with E-state index in [9.17, 15) is 28.6 Å². The second-order valence-corrected chi connectivity index (χ2v) is 7.32. The smallest absolute Gasteiger partial charge is 0.274 e. The molecular weight excluding hydrogens is 384 g/mol. The number of amides is 2. The minimum absolute atomic E-state index is 0.0178. The molecule has 154 valence electrons. The third-order valence-corrected chi connectivity index (χ3v) is 5.70. The van der Waals surface area contributed by atoms with Crippen LogP contribution in [0.1, 0.15) is 25.3 Å². The Morgan fingerprint density at radius 2 is 2.10 bits per heavy atom. The average molecular weight is 405 g/mol. The summed E-state index contributed by atoms with van der Waals surface area (Å²) < 4.78 is 26.9. The summed E-state index contributed by atoms with van der Waals surface area (Å²) in [6.07, 6.45) is -0.503. The number of piperazine rings is 1. The number of halogens is 2. The van der Waals surface area contributed by atoms with E-state index in [1.165, 1.54) is 6.07 Å². The standard InChI is InChI=1S/C20H21F2N3O4/c1-2-24-9-12-5-6-14-15(17(26)18(27)16(20(24)29)25(12)14)19(28)23-8-10-3-4-11(21)7-13(10)22/h3-4,7,12,17,26-27H,2,5-6,8-9H2,1H3,(H,23,28). The molecular formula is C20H21F2N3O4. The van der Waals surface area contributed by atoms with Crippen molar-refractivity contribution in [3.8, 4) is 0 Å². The van der Waals surface area contributed by atoms with Crippen molar-refractivity contribution >= 4 is 11.8 Å². The maximum absolute atomic E-state index is 13.8. The first-order valence-corrected chi connectivity index (χ1v) is 9.48. The number of nitrogens with one attached hydrogen (secondary N) is 1. The first-order chi connectivity index (χ1) is 13.8. The Kier molecular flexibility index (Phi) is 4.77. The summed E-state index contributed by atoms with van der Waals surface area (Å²) in [4.78, 5) is 28.7. The van der Waals surface area contributed by atoms with Crippen LogP contribution in [0.3, 0.4) is 0 Å². The van der Waals surface area contributed by atoms with Gasteiger partial charge in [0, 0.05) is 37.0 Å². The van der Waals surface area contributed by atoms with E-state index in [1.807, 2.05) is 6.92 Å². The van der Waals surface area contributed by atoms with Crippen LogP contribution in [-0.4, -0.2) is 57.1 Å². The lowest BCUT2D eigenvalue weighted by molar-refractivity contribution is -0.133. The van der Waals surface area contributed by atoms with E-state index in [1.54, 1.807) is 9.80 Å². The summed E-state index contributed by atoms with van der Waals surface area (Å²) in [5, 5.41) is 23.6. The predicted octanol–water partition coefficient (Wildman–Crippen LogP) is 1.31. The number of allylic oxidation sites excluding steroid dienone is 1. The molecule has 1 aromatic rings. The molecule has 7 nitrogen and oxygen atoms in total. The molecule has 2 fully saturated rings. The van der Waals surface area contributed by atoms with Crippen LogP contribution in [0.5, 0.6) is 0 Å². The number of carbonyl (C=O) groups excluding carboxylic acids is 2.